The summed E-state index contributed by atoms with van der Waals surface area (Å²) < 4.78 is 33.3. The van der Waals surface area contributed by atoms with Crippen LogP contribution in [0.15, 0.2) is 71.8 Å². The molecule has 3 rings (SSSR count). The number of rotatable bonds is 6. The Morgan fingerprint density at radius 2 is 1.81 bits per heavy atom. The predicted octanol–water partition coefficient (Wildman–Crippen LogP) is 3.97. The summed E-state index contributed by atoms with van der Waals surface area (Å²) in [5.41, 5.74) is 2.80. The third-order valence-electron chi connectivity index (χ3n) is 4.01. The minimum atomic E-state index is -3.57. The van der Waals surface area contributed by atoms with Gasteiger partial charge in [-0.25, -0.2) is 18.1 Å². The van der Waals surface area contributed by atoms with Gasteiger partial charge < -0.3 is 4.74 Å². The molecule has 5 nitrogen and oxygen atoms in total. The molecule has 1 N–H and O–H groups in total. The van der Waals surface area contributed by atoms with Crippen molar-refractivity contribution >= 4 is 10.0 Å². The monoisotopic (exact) mass is 368 g/mol. The first kappa shape index (κ1) is 18.1. The highest BCUT2D eigenvalue weighted by molar-refractivity contribution is 7.89. The number of aryl methyl sites for hydroxylation is 2. The zero-order valence-corrected chi connectivity index (χ0v) is 15.5. The van der Waals surface area contributed by atoms with Crippen molar-refractivity contribution in [3.63, 3.8) is 0 Å². The molecule has 0 fully saturated rings. The number of sulfonamides is 1. The Kier molecular flexibility index (Phi) is 5.35. The Bertz CT molecular complexity index is 1000. The molecule has 0 aliphatic rings. The molecule has 3 aromatic rings. The van der Waals surface area contributed by atoms with Crippen LogP contribution in [-0.4, -0.2) is 13.4 Å². The number of ether oxygens (including phenoxy) is 1. The van der Waals surface area contributed by atoms with E-state index in [1.54, 1.807) is 36.5 Å². The summed E-state index contributed by atoms with van der Waals surface area (Å²) in [4.78, 5) is 4.38. The number of hydrogen-bond acceptors (Lipinski definition) is 4. The first-order valence-corrected chi connectivity index (χ1v) is 9.67. The van der Waals surface area contributed by atoms with Gasteiger partial charge in [0.1, 0.15) is 5.75 Å². The Balaban J connectivity index is 1.71. The van der Waals surface area contributed by atoms with Crippen molar-refractivity contribution in [3.05, 3.63) is 83.6 Å². The minimum Gasteiger partial charge on any atom is -0.439 e. The average Bonchev–Trinajstić information content (AvgIpc) is 2.63. The van der Waals surface area contributed by atoms with Crippen LogP contribution in [0.1, 0.15) is 16.7 Å². The molecule has 0 saturated heterocycles. The van der Waals surface area contributed by atoms with Crippen LogP contribution in [0.25, 0.3) is 0 Å². The highest BCUT2D eigenvalue weighted by atomic mass is 32.2. The van der Waals surface area contributed by atoms with Crippen molar-refractivity contribution in [2.75, 3.05) is 0 Å². The molecular weight excluding hydrogens is 348 g/mol. The van der Waals surface area contributed by atoms with Crippen molar-refractivity contribution in [2.24, 2.45) is 0 Å². The molecule has 0 amide bonds. The summed E-state index contributed by atoms with van der Waals surface area (Å²) in [5.74, 6) is 1.09. The Morgan fingerprint density at radius 3 is 2.54 bits per heavy atom. The van der Waals surface area contributed by atoms with Gasteiger partial charge >= 0.3 is 0 Å². The second-order valence-electron chi connectivity index (χ2n) is 5.99. The fraction of sp³-hybridized carbons (Fsp3) is 0.150. The van der Waals surface area contributed by atoms with E-state index in [-0.39, 0.29) is 11.4 Å². The zero-order valence-electron chi connectivity index (χ0n) is 14.6. The molecule has 134 valence electrons. The van der Waals surface area contributed by atoms with Gasteiger partial charge in [0, 0.05) is 18.8 Å². The number of nitrogens with one attached hydrogen (secondary N) is 1. The van der Waals surface area contributed by atoms with E-state index < -0.39 is 10.0 Å². The van der Waals surface area contributed by atoms with Gasteiger partial charge in [-0.15, -0.1) is 0 Å². The van der Waals surface area contributed by atoms with Crippen LogP contribution in [0.4, 0.5) is 0 Å². The summed E-state index contributed by atoms with van der Waals surface area (Å²) in [6.45, 7) is 4.02. The molecule has 0 bridgehead atoms. The van der Waals surface area contributed by atoms with Gasteiger partial charge in [0.2, 0.25) is 15.9 Å². The second-order valence-corrected chi connectivity index (χ2v) is 7.76. The predicted molar refractivity (Wildman–Crippen MR) is 101 cm³/mol. The lowest BCUT2D eigenvalue weighted by molar-refractivity contribution is 0.462. The van der Waals surface area contributed by atoms with Crippen LogP contribution in [0, 0.1) is 13.8 Å². The van der Waals surface area contributed by atoms with E-state index in [4.69, 9.17) is 4.74 Å². The van der Waals surface area contributed by atoms with E-state index in [9.17, 15) is 8.42 Å². The molecule has 2 aromatic carbocycles. The standard InChI is InChI=1S/C20H20N2O3S/c1-15-9-10-19(12-16(15)2)26(23,24)22-14-17-6-5-7-18(13-17)25-20-8-3-4-11-21-20/h3-13,22H,14H2,1-2H3. The molecule has 0 aliphatic carbocycles. The summed E-state index contributed by atoms with van der Waals surface area (Å²) in [7, 11) is -3.57. The van der Waals surface area contributed by atoms with Gasteiger partial charge in [0.05, 0.1) is 4.90 Å². The maximum atomic E-state index is 12.5. The van der Waals surface area contributed by atoms with Crippen LogP contribution in [0.5, 0.6) is 11.6 Å². The molecule has 0 aliphatic heterocycles. The van der Waals surface area contributed by atoms with Gasteiger partial charge in [-0.05, 0) is 60.9 Å². The fourth-order valence-corrected chi connectivity index (χ4v) is 3.49. The SMILES string of the molecule is Cc1ccc(S(=O)(=O)NCc2cccc(Oc3ccccn3)c2)cc1C. The molecular formula is C20H20N2O3S. The quantitative estimate of drug-likeness (QED) is 0.715. The van der Waals surface area contributed by atoms with Crippen molar-refractivity contribution in [2.45, 2.75) is 25.3 Å². The van der Waals surface area contributed by atoms with E-state index in [0.29, 0.717) is 11.6 Å². The number of hydrogen-bond donors (Lipinski definition) is 1. The molecule has 6 heteroatoms. The topological polar surface area (TPSA) is 68.3 Å². The molecule has 0 radical (unpaired) electrons. The van der Waals surface area contributed by atoms with Crippen molar-refractivity contribution in [3.8, 4) is 11.6 Å². The third kappa shape index (κ3) is 4.47. The van der Waals surface area contributed by atoms with Gasteiger partial charge in [-0.3, -0.25) is 0 Å². The lowest BCUT2D eigenvalue weighted by Gasteiger charge is -2.10. The van der Waals surface area contributed by atoms with Gasteiger partial charge in [0.25, 0.3) is 0 Å². The molecule has 0 atom stereocenters. The molecule has 1 aromatic heterocycles. The smallest absolute Gasteiger partial charge is 0.240 e. The van der Waals surface area contributed by atoms with Crippen molar-refractivity contribution < 1.29 is 13.2 Å². The first-order chi connectivity index (χ1) is 12.4. The number of nitrogens with zero attached hydrogens (tertiary/aromatic N) is 1. The van der Waals surface area contributed by atoms with E-state index in [2.05, 4.69) is 9.71 Å². The third-order valence-corrected chi connectivity index (χ3v) is 5.41. The molecule has 0 spiro atoms. The largest absolute Gasteiger partial charge is 0.439 e. The Hall–Kier alpha value is -2.70. The van der Waals surface area contributed by atoms with E-state index >= 15 is 0 Å². The maximum Gasteiger partial charge on any atom is 0.240 e. The van der Waals surface area contributed by atoms with Gasteiger partial charge in [-0.1, -0.05) is 24.3 Å². The Labute approximate surface area is 153 Å². The lowest BCUT2D eigenvalue weighted by Crippen LogP contribution is -2.23. The first-order valence-electron chi connectivity index (χ1n) is 8.19. The second kappa shape index (κ2) is 7.68. The average molecular weight is 368 g/mol. The highest BCUT2D eigenvalue weighted by Crippen LogP contribution is 2.20. The normalized spacial score (nSPS) is 11.3. The molecule has 1 heterocycles. The van der Waals surface area contributed by atoms with Crippen LogP contribution >= 0.6 is 0 Å². The lowest BCUT2D eigenvalue weighted by atomic mass is 10.1. The fourth-order valence-electron chi connectivity index (χ4n) is 2.39. The molecule has 26 heavy (non-hydrogen) atoms. The van der Waals surface area contributed by atoms with Gasteiger partial charge in [-0.2, -0.15) is 0 Å². The molecule has 0 saturated carbocycles. The van der Waals surface area contributed by atoms with Gasteiger partial charge in [0.15, 0.2) is 0 Å². The van der Waals surface area contributed by atoms with E-state index in [0.717, 1.165) is 16.7 Å². The van der Waals surface area contributed by atoms with E-state index in [1.807, 2.05) is 44.2 Å². The summed E-state index contributed by atoms with van der Waals surface area (Å²) in [5, 5.41) is 0. The summed E-state index contributed by atoms with van der Waals surface area (Å²) in [6, 6.07) is 17.8. The number of pyridine rings is 1. The Morgan fingerprint density at radius 1 is 0.962 bits per heavy atom. The van der Waals surface area contributed by atoms with Crippen LogP contribution < -0.4 is 9.46 Å². The number of aromatic nitrogens is 1. The van der Waals surface area contributed by atoms with Crippen LogP contribution in [0.2, 0.25) is 0 Å². The highest BCUT2D eigenvalue weighted by Gasteiger charge is 2.14. The van der Waals surface area contributed by atoms with Crippen LogP contribution in [-0.2, 0) is 16.6 Å². The van der Waals surface area contributed by atoms with Crippen molar-refractivity contribution in [1.29, 1.82) is 0 Å². The minimum absolute atomic E-state index is 0.175. The zero-order chi connectivity index (χ0) is 18.6. The van der Waals surface area contributed by atoms with Crippen LogP contribution in [0.3, 0.4) is 0 Å². The van der Waals surface area contributed by atoms with E-state index in [1.165, 1.54) is 0 Å². The van der Waals surface area contributed by atoms with Crippen molar-refractivity contribution in [1.82, 2.24) is 9.71 Å². The summed E-state index contributed by atoms with van der Waals surface area (Å²) in [6.07, 6.45) is 1.65. The maximum absolute atomic E-state index is 12.5. The molecule has 0 unspecified atom stereocenters. The number of benzene rings is 2. The summed E-state index contributed by atoms with van der Waals surface area (Å²) >= 11 is 0.